The van der Waals surface area contributed by atoms with Crippen molar-refractivity contribution >= 4 is 0 Å². The first-order valence-corrected chi connectivity index (χ1v) is 5.58. The lowest BCUT2D eigenvalue weighted by Crippen LogP contribution is -2.10. The van der Waals surface area contributed by atoms with Gasteiger partial charge in [0.05, 0.1) is 12.2 Å². The molecule has 0 spiro atoms. The number of ether oxygens (including phenoxy) is 1. The van der Waals surface area contributed by atoms with Crippen molar-refractivity contribution in [2.24, 2.45) is 0 Å². The SMILES string of the molecule is CCCC(C)Oc1ccc([C@@H](C)O)cc1. The number of rotatable bonds is 5. The van der Waals surface area contributed by atoms with E-state index in [1.54, 1.807) is 6.92 Å². The molecule has 1 rings (SSSR count). The molecule has 0 saturated carbocycles. The zero-order valence-electron chi connectivity index (χ0n) is 9.73. The predicted octanol–water partition coefficient (Wildman–Crippen LogP) is 3.31. The maximum Gasteiger partial charge on any atom is 0.119 e. The van der Waals surface area contributed by atoms with E-state index in [4.69, 9.17) is 4.74 Å². The summed E-state index contributed by atoms with van der Waals surface area (Å²) < 4.78 is 5.71. The van der Waals surface area contributed by atoms with Gasteiger partial charge in [0, 0.05) is 0 Å². The van der Waals surface area contributed by atoms with Crippen LogP contribution in [0.1, 0.15) is 45.3 Å². The van der Waals surface area contributed by atoms with Gasteiger partial charge in [-0.25, -0.2) is 0 Å². The Morgan fingerprint density at radius 3 is 2.27 bits per heavy atom. The van der Waals surface area contributed by atoms with E-state index in [1.165, 1.54) is 0 Å². The number of benzene rings is 1. The van der Waals surface area contributed by atoms with Crippen molar-refractivity contribution in [2.45, 2.75) is 45.8 Å². The average molecular weight is 208 g/mol. The molecular formula is C13H20O2. The molecule has 1 aromatic rings. The van der Waals surface area contributed by atoms with Gasteiger partial charge in [0.15, 0.2) is 0 Å². The quantitative estimate of drug-likeness (QED) is 0.804. The third-order valence-electron chi connectivity index (χ3n) is 2.39. The monoisotopic (exact) mass is 208 g/mol. The van der Waals surface area contributed by atoms with Crippen LogP contribution in [0.2, 0.25) is 0 Å². The minimum atomic E-state index is -0.410. The lowest BCUT2D eigenvalue weighted by atomic mass is 10.1. The van der Waals surface area contributed by atoms with Crippen molar-refractivity contribution in [2.75, 3.05) is 0 Å². The molecule has 1 unspecified atom stereocenters. The zero-order chi connectivity index (χ0) is 11.3. The Bertz CT molecular complexity index is 277. The fraction of sp³-hybridized carbons (Fsp3) is 0.538. The summed E-state index contributed by atoms with van der Waals surface area (Å²) in [4.78, 5) is 0. The zero-order valence-corrected chi connectivity index (χ0v) is 9.73. The van der Waals surface area contributed by atoms with Gasteiger partial charge in [-0.3, -0.25) is 0 Å². The van der Waals surface area contributed by atoms with Crippen molar-refractivity contribution in [3.63, 3.8) is 0 Å². The minimum Gasteiger partial charge on any atom is -0.491 e. The topological polar surface area (TPSA) is 29.5 Å². The second-order valence-electron chi connectivity index (χ2n) is 3.96. The minimum absolute atomic E-state index is 0.257. The number of hydrogen-bond donors (Lipinski definition) is 1. The van der Waals surface area contributed by atoms with Gasteiger partial charge < -0.3 is 9.84 Å². The molecule has 0 aliphatic heterocycles. The third kappa shape index (κ3) is 3.92. The number of aliphatic hydroxyl groups is 1. The van der Waals surface area contributed by atoms with Crippen LogP contribution >= 0.6 is 0 Å². The fourth-order valence-corrected chi connectivity index (χ4v) is 1.52. The highest BCUT2D eigenvalue weighted by Crippen LogP contribution is 2.18. The standard InChI is InChI=1S/C13H20O2/c1-4-5-10(2)15-13-8-6-12(7-9-13)11(3)14/h6-11,14H,4-5H2,1-3H3/t10?,11-/m1/s1. The molecule has 15 heavy (non-hydrogen) atoms. The Morgan fingerprint density at radius 2 is 1.80 bits per heavy atom. The van der Waals surface area contributed by atoms with Crippen LogP contribution in [0, 0.1) is 0 Å². The van der Waals surface area contributed by atoms with Crippen LogP contribution in [-0.4, -0.2) is 11.2 Å². The molecule has 0 aromatic heterocycles. The molecule has 0 bridgehead atoms. The summed E-state index contributed by atoms with van der Waals surface area (Å²) in [5.41, 5.74) is 0.922. The van der Waals surface area contributed by atoms with Crippen LogP contribution in [0.25, 0.3) is 0 Å². The molecule has 2 heteroatoms. The maximum atomic E-state index is 9.34. The van der Waals surface area contributed by atoms with Gasteiger partial charge in [0.1, 0.15) is 5.75 Å². The first kappa shape index (κ1) is 12.1. The molecule has 1 N–H and O–H groups in total. The summed E-state index contributed by atoms with van der Waals surface area (Å²) in [6, 6.07) is 7.62. The highest BCUT2D eigenvalue weighted by atomic mass is 16.5. The second kappa shape index (κ2) is 5.76. The van der Waals surface area contributed by atoms with E-state index < -0.39 is 6.10 Å². The van der Waals surface area contributed by atoms with E-state index in [0.29, 0.717) is 0 Å². The van der Waals surface area contributed by atoms with Gasteiger partial charge in [-0.2, -0.15) is 0 Å². The Labute approximate surface area is 91.9 Å². The van der Waals surface area contributed by atoms with Crippen molar-refractivity contribution in [1.29, 1.82) is 0 Å². The first-order chi connectivity index (χ1) is 7.13. The number of aliphatic hydroxyl groups excluding tert-OH is 1. The first-order valence-electron chi connectivity index (χ1n) is 5.58. The van der Waals surface area contributed by atoms with E-state index in [2.05, 4.69) is 13.8 Å². The smallest absolute Gasteiger partial charge is 0.119 e. The van der Waals surface area contributed by atoms with E-state index in [1.807, 2.05) is 24.3 Å². The van der Waals surface area contributed by atoms with Crippen LogP contribution < -0.4 is 4.74 Å². The van der Waals surface area contributed by atoms with Crippen LogP contribution in [0.4, 0.5) is 0 Å². The molecule has 0 aliphatic rings. The van der Waals surface area contributed by atoms with Crippen LogP contribution in [-0.2, 0) is 0 Å². The molecule has 0 saturated heterocycles. The highest BCUT2D eigenvalue weighted by Gasteiger charge is 2.04. The Balaban J connectivity index is 2.56. The molecule has 0 aliphatic carbocycles. The van der Waals surface area contributed by atoms with Crippen LogP contribution in [0.5, 0.6) is 5.75 Å². The molecular weight excluding hydrogens is 188 g/mol. The molecule has 2 atom stereocenters. The predicted molar refractivity (Wildman–Crippen MR) is 62.1 cm³/mol. The summed E-state index contributed by atoms with van der Waals surface area (Å²) in [5.74, 6) is 0.875. The largest absolute Gasteiger partial charge is 0.491 e. The van der Waals surface area contributed by atoms with E-state index in [-0.39, 0.29) is 6.10 Å². The second-order valence-corrected chi connectivity index (χ2v) is 3.96. The van der Waals surface area contributed by atoms with Crippen LogP contribution in [0.15, 0.2) is 24.3 Å². The Kier molecular flexibility index (Phi) is 4.63. The van der Waals surface area contributed by atoms with E-state index >= 15 is 0 Å². The Hall–Kier alpha value is -1.02. The molecule has 0 heterocycles. The van der Waals surface area contributed by atoms with Gasteiger partial charge in [0.2, 0.25) is 0 Å². The number of hydrogen-bond acceptors (Lipinski definition) is 2. The summed E-state index contributed by atoms with van der Waals surface area (Å²) in [5, 5.41) is 9.34. The molecule has 0 fully saturated rings. The fourth-order valence-electron chi connectivity index (χ4n) is 1.52. The maximum absolute atomic E-state index is 9.34. The van der Waals surface area contributed by atoms with Crippen molar-refractivity contribution < 1.29 is 9.84 Å². The molecule has 1 aromatic carbocycles. The third-order valence-corrected chi connectivity index (χ3v) is 2.39. The van der Waals surface area contributed by atoms with Crippen molar-refractivity contribution in [3.8, 4) is 5.75 Å². The van der Waals surface area contributed by atoms with Gasteiger partial charge >= 0.3 is 0 Å². The Morgan fingerprint density at radius 1 is 1.20 bits per heavy atom. The summed E-state index contributed by atoms with van der Waals surface area (Å²) in [6.07, 6.45) is 2.05. The van der Waals surface area contributed by atoms with Crippen molar-refractivity contribution in [1.82, 2.24) is 0 Å². The van der Waals surface area contributed by atoms with Gasteiger partial charge in [-0.1, -0.05) is 25.5 Å². The molecule has 0 amide bonds. The molecule has 2 nitrogen and oxygen atoms in total. The normalized spacial score (nSPS) is 14.7. The molecule has 84 valence electrons. The van der Waals surface area contributed by atoms with E-state index in [0.717, 1.165) is 24.2 Å². The summed E-state index contributed by atoms with van der Waals surface area (Å²) >= 11 is 0. The molecule has 0 radical (unpaired) electrons. The van der Waals surface area contributed by atoms with Gasteiger partial charge in [0.25, 0.3) is 0 Å². The lowest BCUT2D eigenvalue weighted by Gasteiger charge is -2.14. The summed E-state index contributed by atoms with van der Waals surface area (Å²) in [6.45, 7) is 5.98. The average Bonchev–Trinajstić information content (AvgIpc) is 2.18. The lowest BCUT2D eigenvalue weighted by molar-refractivity contribution is 0.197. The highest BCUT2D eigenvalue weighted by molar-refractivity contribution is 5.28. The van der Waals surface area contributed by atoms with Crippen LogP contribution in [0.3, 0.4) is 0 Å². The van der Waals surface area contributed by atoms with Gasteiger partial charge in [-0.15, -0.1) is 0 Å². The van der Waals surface area contributed by atoms with E-state index in [9.17, 15) is 5.11 Å². The summed E-state index contributed by atoms with van der Waals surface area (Å²) in [7, 11) is 0. The van der Waals surface area contributed by atoms with Crippen molar-refractivity contribution in [3.05, 3.63) is 29.8 Å². The van der Waals surface area contributed by atoms with Gasteiger partial charge in [-0.05, 0) is 38.0 Å².